The molecule has 0 saturated heterocycles. The molecule has 1 N–H and O–H groups in total. The largest absolute Gasteiger partial charge is 0.455 e. The average Bonchev–Trinajstić information content (AvgIpc) is 2.79. The number of hydrogen-bond acceptors (Lipinski definition) is 5. The van der Waals surface area contributed by atoms with Crippen LogP contribution in [0, 0.1) is 12.7 Å². The number of fused-ring (bicyclic) bond motifs is 1. The van der Waals surface area contributed by atoms with E-state index in [2.05, 4.69) is 4.72 Å². The predicted octanol–water partition coefficient (Wildman–Crippen LogP) is 3.28. The third kappa shape index (κ3) is 4.12. The normalized spacial score (nSPS) is 11.5. The fraction of sp³-hybridized carbons (Fsp3) is 0.130. The van der Waals surface area contributed by atoms with Crippen LogP contribution >= 0.6 is 0 Å². The molecule has 1 heterocycles. The van der Waals surface area contributed by atoms with Gasteiger partial charge in [-0.25, -0.2) is 12.8 Å². The number of nitrogens with zero attached hydrogens (tertiary/aromatic N) is 2. The van der Waals surface area contributed by atoms with Crippen molar-refractivity contribution in [3.05, 3.63) is 92.8 Å². The first-order chi connectivity index (χ1) is 15.6. The van der Waals surface area contributed by atoms with Crippen LogP contribution in [0.25, 0.3) is 11.0 Å². The summed E-state index contributed by atoms with van der Waals surface area (Å²) in [6, 6.07) is 15.0. The molecule has 0 aliphatic heterocycles. The molecule has 0 amide bonds. The smallest absolute Gasteiger partial charge is 0.316 e. The molecule has 8 nitrogen and oxygen atoms in total. The molecule has 0 saturated carbocycles. The van der Waals surface area contributed by atoms with Crippen molar-refractivity contribution >= 4 is 26.7 Å². The maximum absolute atomic E-state index is 13.7. The molecule has 0 aliphatic carbocycles. The van der Waals surface area contributed by atoms with Crippen LogP contribution in [-0.2, 0) is 24.1 Å². The van der Waals surface area contributed by atoms with Gasteiger partial charge in [0.25, 0.3) is 10.0 Å². The number of ether oxygens (including phenoxy) is 1. The van der Waals surface area contributed by atoms with Gasteiger partial charge < -0.3 is 13.9 Å². The Morgan fingerprint density at radius 1 is 0.879 bits per heavy atom. The van der Waals surface area contributed by atoms with Gasteiger partial charge in [0.2, 0.25) is 0 Å². The topological polar surface area (TPSA) is 99.4 Å². The standard InChI is InChI=1S/C23H20FN3O5S/c1-14-11-16(9-10-17(14)24)33(30,31)25-18-12-19-20(27(3)23(29)22(28)26(19)2)13-21(18)32-15-7-5-4-6-8-15/h4-13,25H,1-3H3. The van der Waals surface area contributed by atoms with Crippen molar-refractivity contribution in [3.8, 4) is 11.5 Å². The van der Waals surface area contributed by atoms with Crippen LogP contribution in [0.4, 0.5) is 10.1 Å². The van der Waals surface area contributed by atoms with E-state index in [9.17, 15) is 22.4 Å². The molecular formula is C23H20FN3O5S. The maximum Gasteiger partial charge on any atom is 0.316 e. The summed E-state index contributed by atoms with van der Waals surface area (Å²) in [6.07, 6.45) is 0. The number of anilines is 1. The Bertz CT molecular complexity index is 1610. The van der Waals surface area contributed by atoms with Gasteiger partial charge in [-0.05, 0) is 48.9 Å². The Hall–Kier alpha value is -3.92. The number of sulfonamides is 1. The molecule has 1 aromatic heterocycles. The van der Waals surface area contributed by atoms with Crippen molar-refractivity contribution in [2.45, 2.75) is 11.8 Å². The Morgan fingerprint density at radius 2 is 1.48 bits per heavy atom. The van der Waals surface area contributed by atoms with Gasteiger partial charge in [0, 0.05) is 20.2 Å². The Labute approximate surface area is 188 Å². The molecule has 0 spiro atoms. The molecular weight excluding hydrogens is 449 g/mol. The lowest BCUT2D eigenvalue weighted by Crippen LogP contribution is -2.39. The number of nitrogens with one attached hydrogen (secondary N) is 1. The van der Waals surface area contributed by atoms with Crippen molar-refractivity contribution in [2.24, 2.45) is 14.1 Å². The summed E-state index contributed by atoms with van der Waals surface area (Å²) in [7, 11) is -1.26. The van der Waals surface area contributed by atoms with Crippen molar-refractivity contribution in [1.82, 2.24) is 9.13 Å². The van der Waals surface area contributed by atoms with Gasteiger partial charge in [0.05, 0.1) is 21.6 Å². The van der Waals surface area contributed by atoms with Crippen molar-refractivity contribution in [1.29, 1.82) is 0 Å². The second-order valence-electron chi connectivity index (χ2n) is 7.50. The summed E-state index contributed by atoms with van der Waals surface area (Å²) < 4.78 is 50.5. The Balaban J connectivity index is 1.92. The third-order valence-corrected chi connectivity index (χ3v) is 6.61. The van der Waals surface area contributed by atoms with E-state index in [4.69, 9.17) is 4.74 Å². The van der Waals surface area contributed by atoms with E-state index >= 15 is 0 Å². The van der Waals surface area contributed by atoms with Crippen molar-refractivity contribution in [3.63, 3.8) is 0 Å². The lowest BCUT2D eigenvalue weighted by atomic mass is 10.2. The highest BCUT2D eigenvalue weighted by molar-refractivity contribution is 7.92. The number of halogens is 1. The molecule has 0 fully saturated rings. The number of aromatic nitrogens is 2. The van der Waals surface area contributed by atoms with Crippen molar-refractivity contribution in [2.75, 3.05) is 4.72 Å². The minimum absolute atomic E-state index is 0.0435. The summed E-state index contributed by atoms with van der Waals surface area (Å²) in [4.78, 5) is 24.4. The van der Waals surface area contributed by atoms with E-state index in [1.807, 2.05) is 0 Å². The summed E-state index contributed by atoms with van der Waals surface area (Å²) in [5.74, 6) is 0.0261. The van der Waals surface area contributed by atoms with Gasteiger partial charge >= 0.3 is 11.1 Å². The molecule has 3 aromatic carbocycles. The van der Waals surface area contributed by atoms with Crippen LogP contribution in [0.2, 0.25) is 0 Å². The van der Waals surface area contributed by atoms with Gasteiger partial charge in [-0.15, -0.1) is 0 Å². The number of rotatable bonds is 5. The fourth-order valence-corrected chi connectivity index (χ4v) is 4.51. The first-order valence-corrected chi connectivity index (χ1v) is 11.3. The zero-order valence-electron chi connectivity index (χ0n) is 18.0. The van der Waals surface area contributed by atoms with E-state index in [1.54, 1.807) is 30.3 Å². The van der Waals surface area contributed by atoms with Crippen LogP contribution in [0.15, 0.2) is 75.1 Å². The van der Waals surface area contributed by atoms with E-state index < -0.39 is 27.0 Å². The predicted molar refractivity (Wildman–Crippen MR) is 123 cm³/mol. The zero-order chi connectivity index (χ0) is 23.9. The summed E-state index contributed by atoms with van der Waals surface area (Å²) in [5, 5.41) is 0. The summed E-state index contributed by atoms with van der Waals surface area (Å²) >= 11 is 0. The molecule has 33 heavy (non-hydrogen) atoms. The molecule has 0 unspecified atom stereocenters. The monoisotopic (exact) mass is 469 g/mol. The van der Waals surface area contributed by atoms with Gasteiger partial charge in [-0.2, -0.15) is 0 Å². The Morgan fingerprint density at radius 3 is 2.09 bits per heavy atom. The molecule has 10 heteroatoms. The SMILES string of the molecule is Cc1cc(S(=O)(=O)Nc2cc3c(cc2Oc2ccccc2)n(C)c(=O)c(=O)n3C)ccc1F. The van der Waals surface area contributed by atoms with E-state index in [1.165, 1.54) is 43.8 Å². The lowest BCUT2D eigenvalue weighted by Gasteiger charge is -2.17. The minimum atomic E-state index is -4.13. The first kappa shape index (κ1) is 22.3. The van der Waals surface area contributed by atoms with Gasteiger partial charge in [-0.1, -0.05) is 18.2 Å². The van der Waals surface area contributed by atoms with E-state index in [0.29, 0.717) is 16.8 Å². The van der Waals surface area contributed by atoms with E-state index in [-0.39, 0.29) is 21.9 Å². The molecule has 0 radical (unpaired) electrons. The number of aryl methyl sites for hydroxylation is 3. The zero-order valence-corrected chi connectivity index (χ0v) is 18.8. The van der Waals surface area contributed by atoms with Crippen LogP contribution in [0.5, 0.6) is 11.5 Å². The first-order valence-electron chi connectivity index (χ1n) is 9.84. The Kier molecular flexibility index (Phi) is 5.54. The number of para-hydroxylation sites is 1. The average molecular weight is 469 g/mol. The lowest BCUT2D eigenvalue weighted by molar-refractivity contribution is 0.485. The molecule has 4 rings (SSSR count). The quantitative estimate of drug-likeness (QED) is 0.452. The number of hydrogen-bond donors (Lipinski definition) is 1. The summed E-state index contributed by atoms with van der Waals surface area (Å²) in [6.45, 7) is 1.46. The molecule has 170 valence electrons. The highest BCUT2D eigenvalue weighted by atomic mass is 32.2. The highest BCUT2D eigenvalue weighted by Crippen LogP contribution is 2.34. The molecule has 0 atom stereocenters. The van der Waals surface area contributed by atoms with Crippen LogP contribution in [0.3, 0.4) is 0 Å². The molecule has 0 aliphatic rings. The fourth-order valence-electron chi connectivity index (χ4n) is 3.37. The van der Waals surface area contributed by atoms with Gasteiger partial charge in [0.15, 0.2) is 5.75 Å². The molecule has 0 bridgehead atoms. The number of benzene rings is 3. The van der Waals surface area contributed by atoms with Crippen LogP contribution < -0.4 is 20.6 Å². The highest BCUT2D eigenvalue weighted by Gasteiger charge is 2.21. The van der Waals surface area contributed by atoms with E-state index in [0.717, 1.165) is 16.7 Å². The minimum Gasteiger partial charge on any atom is -0.455 e. The van der Waals surface area contributed by atoms with Gasteiger partial charge in [-0.3, -0.25) is 14.3 Å². The van der Waals surface area contributed by atoms with Crippen molar-refractivity contribution < 1.29 is 17.5 Å². The second-order valence-corrected chi connectivity index (χ2v) is 9.18. The van der Waals surface area contributed by atoms with Crippen LogP contribution in [0.1, 0.15) is 5.56 Å². The molecule has 4 aromatic rings. The van der Waals surface area contributed by atoms with Crippen LogP contribution in [-0.4, -0.2) is 17.6 Å². The third-order valence-electron chi connectivity index (χ3n) is 5.25. The summed E-state index contributed by atoms with van der Waals surface area (Å²) in [5.41, 5.74) is -0.587. The second kappa shape index (κ2) is 8.21. The van der Waals surface area contributed by atoms with Gasteiger partial charge in [0.1, 0.15) is 11.6 Å². The maximum atomic E-state index is 13.7.